The Kier molecular flexibility index (Phi) is 8.46. The Balaban J connectivity index is 1.30. The van der Waals surface area contributed by atoms with Gasteiger partial charge in [-0.25, -0.2) is 4.68 Å². The van der Waals surface area contributed by atoms with Gasteiger partial charge in [-0.05, 0) is 54.1 Å². The summed E-state index contributed by atoms with van der Waals surface area (Å²) in [4.78, 5) is 27.1. The number of aromatic nitrogens is 3. The lowest BCUT2D eigenvalue weighted by Crippen LogP contribution is -2.33. The van der Waals surface area contributed by atoms with Crippen LogP contribution in [0, 0.1) is 11.3 Å². The van der Waals surface area contributed by atoms with E-state index >= 15 is 0 Å². The van der Waals surface area contributed by atoms with E-state index in [1.54, 1.807) is 42.5 Å². The van der Waals surface area contributed by atoms with Crippen molar-refractivity contribution < 1.29 is 9.21 Å². The number of rotatable bonds is 8. The highest BCUT2D eigenvalue weighted by Crippen LogP contribution is 2.28. The maximum absolute atomic E-state index is 13.9. The second-order valence-corrected chi connectivity index (χ2v) is 11.8. The third-order valence-electron chi connectivity index (χ3n) is 7.68. The lowest BCUT2D eigenvalue weighted by atomic mass is 10.1. The van der Waals surface area contributed by atoms with Gasteiger partial charge in [0.05, 0.1) is 40.1 Å². The highest BCUT2D eigenvalue weighted by atomic mass is 32.1. The number of nitrogens with one attached hydrogen (secondary N) is 1. The number of furan rings is 1. The van der Waals surface area contributed by atoms with Crippen molar-refractivity contribution in [3.63, 3.8) is 0 Å². The van der Waals surface area contributed by atoms with E-state index in [0.717, 1.165) is 45.1 Å². The zero-order valence-electron chi connectivity index (χ0n) is 25.5. The van der Waals surface area contributed by atoms with Crippen molar-refractivity contribution in [1.82, 2.24) is 19.7 Å². The van der Waals surface area contributed by atoms with Crippen molar-refractivity contribution in [3.8, 4) is 40.0 Å². The molecule has 0 aliphatic carbocycles. The largest absolute Gasteiger partial charge is 0.467 e. The summed E-state index contributed by atoms with van der Waals surface area (Å²) in [5.74, 6) is -0.0499. The monoisotopic (exact) mass is 645 g/mol. The second kappa shape index (κ2) is 13.5. The minimum Gasteiger partial charge on any atom is -0.467 e. The number of thiazole rings is 1. The van der Waals surface area contributed by atoms with Crippen LogP contribution in [0.15, 0.2) is 149 Å². The first kappa shape index (κ1) is 30.2. The molecular formula is C39H27N5O3S. The summed E-state index contributed by atoms with van der Waals surface area (Å²) < 4.78 is 9.26. The van der Waals surface area contributed by atoms with Gasteiger partial charge in [-0.2, -0.15) is 10.4 Å². The van der Waals surface area contributed by atoms with E-state index in [9.17, 15) is 14.9 Å². The number of nitriles is 1. The molecule has 4 aromatic carbocycles. The summed E-state index contributed by atoms with van der Waals surface area (Å²) in [6, 6.07) is 44.4. The molecule has 0 saturated carbocycles. The van der Waals surface area contributed by atoms with Crippen LogP contribution in [0.5, 0.6) is 0 Å². The van der Waals surface area contributed by atoms with Gasteiger partial charge >= 0.3 is 0 Å². The van der Waals surface area contributed by atoms with Crippen LogP contribution in [0.1, 0.15) is 11.3 Å². The molecule has 0 fully saturated rings. The summed E-state index contributed by atoms with van der Waals surface area (Å²) >= 11 is 1.09. The van der Waals surface area contributed by atoms with Gasteiger partial charge < -0.3 is 9.73 Å². The van der Waals surface area contributed by atoms with E-state index in [2.05, 4.69) is 23.5 Å². The number of amides is 1. The van der Waals surface area contributed by atoms with Gasteiger partial charge in [0.2, 0.25) is 0 Å². The number of hydrogen-bond acceptors (Lipinski definition) is 6. The van der Waals surface area contributed by atoms with E-state index < -0.39 is 5.91 Å². The van der Waals surface area contributed by atoms with Crippen molar-refractivity contribution in [3.05, 3.63) is 171 Å². The topological polar surface area (TPSA) is 106 Å². The fourth-order valence-electron chi connectivity index (χ4n) is 5.33. The van der Waals surface area contributed by atoms with E-state index in [1.807, 2.05) is 89.6 Å². The van der Waals surface area contributed by atoms with Gasteiger partial charge in [0, 0.05) is 11.1 Å². The molecule has 48 heavy (non-hydrogen) atoms. The van der Waals surface area contributed by atoms with Crippen LogP contribution < -0.4 is 20.1 Å². The molecule has 0 unspecified atom stereocenters. The Bertz CT molecular complexity index is 2420. The predicted octanol–water partition coefficient (Wildman–Crippen LogP) is 5.83. The molecule has 0 saturated heterocycles. The molecule has 0 bridgehead atoms. The normalized spacial score (nSPS) is 12.0. The molecule has 9 heteroatoms. The summed E-state index contributed by atoms with van der Waals surface area (Å²) in [5, 5.41) is 17.8. The maximum Gasteiger partial charge on any atom is 0.273 e. The molecule has 0 aliphatic rings. The van der Waals surface area contributed by atoms with Crippen LogP contribution in [0.4, 0.5) is 0 Å². The smallest absolute Gasteiger partial charge is 0.273 e. The molecule has 1 amide bonds. The van der Waals surface area contributed by atoms with Gasteiger partial charge in [0.25, 0.3) is 11.5 Å². The van der Waals surface area contributed by atoms with Gasteiger partial charge in [-0.1, -0.05) is 91.0 Å². The lowest BCUT2D eigenvalue weighted by molar-refractivity contribution is -0.115. The molecule has 3 heterocycles. The first-order valence-corrected chi connectivity index (χ1v) is 16.0. The highest BCUT2D eigenvalue weighted by Gasteiger charge is 2.18. The van der Waals surface area contributed by atoms with Crippen LogP contribution in [0.25, 0.3) is 45.5 Å². The van der Waals surface area contributed by atoms with Gasteiger partial charge in [-0.15, -0.1) is 11.3 Å². The van der Waals surface area contributed by atoms with E-state index in [1.165, 1.54) is 10.8 Å². The molecule has 0 radical (unpaired) electrons. The first-order valence-electron chi connectivity index (χ1n) is 15.1. The molecule has 0 atom stereocenters. The number of carbonyl (C=O) groups is 1. The Morgan fingerprint density at radius 1 is 0.833 bits per heavy atom. The van der Waals surface area contributed by atoms with Gasteiger partial charge in [-0.3, -0.25) is 14.2 Å². The molecule has 8 nitrogen and oxygen atoms in total. The molecule has 7 rings (SSSR count). The van der Waals surface area contributed by atoms with Crippen molar-refractivity contribution >= 4 is 28.9 Å². The van der Waals surface area contributed by atoms with Gasteiger partial charge in [0.1, 0.15) is 16.5 Å². The highest BCUT2D eigenvalue weighted by molar-refractivity contribution is 7.07. The minimum absolute atomic E-state index is 0.109. The van der Waals surface area contributed by atoms with Crippen molar-refractivity contribution in [2.75, 3.05) is 0 Å². The Morgan fingerprint density at radius 2 is 1.50 bits per heavy atom. The third-order valence-corrected chi connectivity index (χ3v) is 8.77. The molecule has 0 spiro atoms. The Morgan fingerprint density at radius 3 is 2.15 bits per heavy atom. The SMILES string of the molecule is N#C/C(C(=O)NCc1ccco1)=c1/s/c(=C\c2ccc(-n3nc(-c4ccccc4)cc3-c3ccccc3)cc2)c(=O)n1-c1ccccc1. The van der Waals surface area contributed by atoms with Crippen LogP contribution in [-0.2, 0) is 11.3 Å². The van der Waals surface area contributed by atoms with Crippen LogP contribution in [0.2, 0.25) is 0 Å². The van der Waals surface area contributed by atoms with E-state index in [0.29, 0.717) is 16.0 Å². The zero-order chi connectivity index (χ0) is 32.9. The fourth-order valence-corrected chi connectivity index (χ4v) is 6.43. The zero-order valence-corrected chi connectivity index (χ0v) is 26.3. The van der Waals surface area contributed by atoms with Crippen LogP contribution in [0.3, 0.4) is 0 Å². The predicted molar refractivity (Wildman–Crippen MR) is 187 cm³/mol. The Hall–Kier alpha value is -6.50. The number of carbonyl (C=O) groups excluding carboxylic acids is 1. The fraction of sp³-hybridized carbons (Fsp3) is 0.0256. The van der Waals surface area contributed by atoms with E-state index in [-0.39, 0.29) is 22.3 Å². The summed E-state index contributed by atoms with van der Waals surface area (Å²) in [6.07, 6.45) is 3.28. The van der Waals surface area contributed by atoms with Crippen molar-refractivity contribution in [1.29, 1.82) is 5.26 Å². The standard InChI is InChI=1S/C39H27N5O3S/c40-25-33(37(45)41-26-32-17-10-22-47-32)39-43(30-15-8-3-9-16-30)38(46)36(48-39)23-27-18-20-31(21-19-27)44-35(29-13-6-2-7-14-29)24-34(42-44)28-11-4-1-5-12-28/h1-24H,26H2,(H,41,45)/b36-23-,39-33-. The summed E-state index contributed by atoms with van der Waals surface area (Å²) in [5.41, 5.74) is 5.55. The van der Waals surface area contributed by atoms with Gasteiger partial charge in [0.15, 0.2) is 5.57 Å². The number of hydrogen-bond donors (Lipinski definition) is 1. The number of nitrogens with zero attached hydrogens (tertiary/aromatic N) is 4. The van der Waals surface area contributed by atoms with Crippen molar-refractivity contribution in [2.24, 2.45) is 0 Å². The number of para-hydroxylation sites is 1. The second-order valence-electron chi connectivity index (χ2n) is 10.8. The maximum atomic E-state index is 13.9. The number of benzene rings is 4. The molecular weight excluding hydrogens is 619 g/mol. The minimum atomic E-state index is -0.598. The molecule has 0 aliphatic heterocycles. The molecule has 232 valence electrons. The summed E-state index contributed by atoms with van der Waals surface area (Å²) in [7, 11) is 0. The molecule has 3 aromatic heterocycles. The average Bonchev–Trinajstić information content (AvgIpc) is 3.89. The molecule has 7 aromatic rings. The molecule has 1 N–H and O–H groups in total. The lowest BCUT2D eigenvalue weighted by Gasteiger charge is -2.08. The van der Waals surface area contributed by atoms with Crippen LogP contribution in [-0.4, -0.2) is 20.3 Å². The van der Waals surface area contributed by atoms with Crippen molar-refractivity contribution in [2.45, 2.75) is 6.54 Å². The summed E-state index contributed by atoms with van der Waals surface area (Å²) in [6.45, 7) is 0.109. The first-order chi connectivity index (χ1) is 23.6. The van der Waals surface area contributed by atoms with E-state index in [4.69, 9.17) is 9.52 Å². The average molecular weight is 646 g/mol. The quantitative estimate of drug-likeness (QED) is 0.224. The third kappa shape index (κ3) is 6.16. The van der Waals surface area contributed by atoms with Crippen LogP contribution >= 0.6 is 11.3 Å². The Labute approximate surface area is 279 Å².